The van der Waals surface area contributed by atoms with E-state index in [0.29, 0.717) is 6.61 Å². The van der Waals surface area contributed by atoms with E-state index >= 15 is 0 Å². The van der Waals surface area contributed by atoms with E-state index < -0.39 is 0 Å². The summed E-state index contributed by atoms with van der Waals surface area (Å²) in [6, 6.07) is 0. The van der Waals surface area contributed by atoms with Crippen LogP contribution in [-0.2, 0) is 0 Å². The van der Waals surface area contributed by atoms with Crippen LogP contribution in [0.15, 0.2) is 4.99 Å². The number of nitrogens with one attached hydrogen (secondary N) is 2. The van der Waals surface area contributed by atoms with Crippen LogP contribution in [0.4, 0.5) is 0 Å². The van der Waals surface area contributed by atoms with Gasteiger partial charge in [-0.05, 0) is 12.8 Å². The summed E-state index contributed by atoms with van der Waals surface area (Å²) in [5.74, 6) is 0.907. The van der Waals surface area contributed by atoms with E-state index in [0.717, 1.165) is 38.4 Å². The first kappa shape index (κ1) is 12.7. The van der Waals surface area contributed by atoms with Crippen LogP contribution in [-0.4, -0.2) is 37.3 Å². The summed E-state index contributed by atoms with van der Waals surface area (Å²) in [5, 5.41) is 16.2. The molecule has 1 aliphatic heterocycles. The Morgan fingerprint density at radius 2 is 2.06 bits per heavy atom. The second-order valence-corrected chi connectivity index (χ2v) is 6.40. The van der Waals surface area contributed by atoms with Gasteiger partial charge >= 0.3 is 0 Å². The average Bonchev–Trinajstić information content (AvgIpc) is 2.77. The van der Waals surface area contributed by atoms with Crippen molar-refractivity contribution in [2.45, 2.75) is 39.5 Å². The molecule has 2 aliphatic rings. The Bertz CT molecular complexity index is 293. The normalized spacial score (nSPS) is 26.2. The molecule has 0 aromatic heterocycles. The van der Waals surface area contributed by atoms with Crippen LogP contribution < -0.4 is 10.6 Å². The predicted octanol–water partition coefficient (Wildman–Crippen LogP) is 1.11. The highest BCUT2D eigenvalue weighted by Gasteiger charge is 2.33. The van der Waals surface area contributed by atoms with Gasteiger partial charge in [0.15, 0.2) is 5.96 Å². The Labute approximate surface area is 104 Å². The van der Waals surface area contributed by atoms with E-state index in [1.54, 1.807) is 0 Å². The van der Waals surface area contributed by atoms with E-state index in [1.165, 1.54) is 12.8 Å². The highest BCUT2D eigenvalue weighted by atomic mass is 16.3. The Hall–Kier alpha value is -0.770. The van der Waals surface area contributed by atoms with Gasteiger partial charge in [-0.25, -0.2) is 0 Å². The van der Waals surface area contributed by atoms with Gasteiger partial charge < -0.3 is 15.7 Å². The van der Waals surface area contributed by atoms with Crippen molar-refractivity contribution in [1.82, 2.24) is 10.6 Å². The molecule has 2 rings (SSSR count). The van der Waals surface area contributed by atoms with Gasteiger partial charge in [0.2, 0.25) is 0 Å². The first-order chi connectivity index (χ1) is 8.05. The van der Waals surface area contributed by atoms with Crippen molar-refractivity contribution >= 4 is 5.96 Å². The van der Waals surface area contributed by atoms with Crippen molar-refractivity contribution in [3.8, 4) is 0 Å². The lowest BCUT2D eigenvalue weighted by Gasteiger charge is -2.32. The zero-order valence-electron chi connectivity index (χ0n) is 11.1. The molecule has 4 nitrogen and oxygen atoms in total. The standard InChI is InChI=1S/C13H25N3O/c1-12(2)7-14-11(15-8-12)16-9-13(10-17)5-3-4-6-13/h17H,3-10H2,1-2H3,(H2,14,15,16). The Morgan fingerprint density at radius 3 is 2.59 bits per heavy atom. The van der Waals surface area contributed by atoms with Crippen LogP contribution in [0.1, 0.15) is 39.5 Å². The minimum atomic E-state index is 0.0944. The van der Waals surface area contributed by atoms with Gasteiger partial charge in [-0.2, -0.15) is 0 Å². The lowest BCUT2D eigenvalue weighted by atomic mass is 9.87. The molecule has 1 saturated carbocycles. The van der Waals surface area contributed by atoms with Crippen molar-refractivity contribution in [2.75, 3.05) is 26.2 Å². The lowest BCUT2D eigenvalue weighted by molar-refractivity contribution is 0.133. The molecule has 1 fully saturated rings. The number of hydrogen-bond acceptors (Lipinski definition) is 4. The first-order valence-electron chi connectivity index (χ1n) is 6.68. The molecule has 0 aromatic rings. The summed E-state index contributed by atoms with van der Waals surface area (Å²) in [6.45, 7) is 7.40. The van der Waals surface area contributed by atoms with Gasteiger partial charge in [0.1, 0.15) is 0 Å². The molecule has 98 valence electrons. The third kappa shape index (κ3) is 3.12. The molecule has 17 heavy (non-hydrogen) atoms. The number of aliphatic hydroxyl groups excluding tert-OH is 1. The molecule has 0 saturated heterocycles. The van der Waals surface area contributed by atoms with Crippen molar-refractivity contribution in [1.29, 1.82) is 0 Å². The van der Waals surface area contributed by atoms with Gasteiger partial charge in [0.05, 0.1) is 6.61 Å². The number of guanidine groups is 1. The molecule has 0 spiro atoms. The van der Waals surface area contributed by atoms with Crippen LogP contribution in [0.2, 0.25) is 0 Å². The van der Waals surface area contributed by atoms with Crippen LogP contribution in [0.5, 0.6) is 0 Å². The average molecular weight is 239 g/mol. The minimum Gasteiger partial charge on any atom is -0.396 e. The van der Waals surface area contributed by atoms with Crippen LogP contribution >= 0.6 is 0 Å². The molecule has 0 aromatic carbocycles. The van der Waals surface area contributed by atoms with E-state index in [2.05, 4.69) is 29.5 Å². The Balaban J connectivity index is 1.84. The number of aliphatic imine (C=N–C) groups is 1. The topological polar surface area (TPSA) is 56.7 Å². The summed E-state index contributed by atoms with van der Waals surface area (Å²) in [5.41, 5.74) is 0.352. The summed E-state index contributed by atoms with van der Waals surface area (Å²) >= 11 is 0. The zero-order valence-corrected chi connectivity index (χ0v) is 11.1. The molecule has 0 bridgehead atoms. The van der Waals surface area contributed by atoms with E-state index in [4.69, 9.17) is 0 Å². The number of rotatable bonds is 3. The fourth-order valence-corrected chi connectivity index (χ4v) is 2.63. The van der Waals surface area contributed by atoms with Crippen molar-refractivity contribution in [2.24, 2.45) is 15.8 Å². The summed E-state index contributed by atoms with van der Waals surface area (Å²) in [7, 11) is 0. The maximum absolute atomic E-state index is 9.53. The van der Waals surface area contributed by atoms with Crippen LogP contribution in [0.25, 0.3) is 0 Å². The fourth-order valence-electron chi connectivity index (χ4n) is 2.63. The summed E-state index contributed by atoms with van der Waals surface area (Å²) < 4.78 is 0. The molecule has 0 amide bonds. The maximum atomic E-state index is 9.53. The number of hydrogen-bond donors (Lipinski definition) is 3. The van der Waals surface area contributed by atoms with E-state index in [-0.39, 0.29) is 10.8 Å². The summed E-state index contributed by atoms with van der Waals surface area (Å²) in [4.78, 5) is 4.52. The second kappa shape index (κ2) is 4.84. The van der Waals surface area contributed by atoms with Crippen molar-refractivity contribution in [3.63, 3.8) is 0 Å². The molecular weight excluding hydrogens is 214 g/mol. The third-order valence-corrected chi connectivity index (χ3v) is 4.03. The van der Waals surface area contributed by atoms with Gasteiger partial charge in [0.25, 0.3) is 0 Å². The van der Waals surface area contributed by atoms with Crippen LogP contribution in [0, 0.1) is 10.8 Å². The zero-order chi connectivity index (χ0) is 12.4. The highest BCUT2D eigenvalue weighted by Crippen LogP contribution is 2.36. The van der Waals surface area contributed by atoms with E-state index in [1.807, 2.05) is 0 Å². The lowest BCUT2D eigenvalue weighted by Crippen LogP contribution is -2.50. The van der Waals surface area contributed by atoms with Crippen LogP contribution in [0.3, 0.4) is 0 Å². The molecule has 1 aliphatic carbocycles. The smallest absolute Gasteiger partial charge is 0.191 e. The van der Waals surface area contributed by atoms with Crippen molar-refractivity contribution < 1.29 is 5.11 Å². The summed E-state index contributed by atoms with van der Waals surface area (Å²) in [6.07, 6.45) is 4.76. The largest absolute Gasteiger partial charge is 0.396 e. The van der Waals surface area contributed by atoms with E-state index in [9.17, 15) is 5.11 Å². The van der Waals surface area contributed by atoms with Crippen molar-refractivity contribution in [3.05, 3.63) is 0 Å². The molecule has 4 heteroatoms. The van der Waals surface area contributed by atoms with Gasteiger partial charge in [-0.1, -0.05) is 26.7 Å². The Morgan fingerprint density at radius 1 is 1.35 bits per heavy atom. The Kier molecular flexibility index (Phi) is 3.61. The molecule has 1 heterocycles. The number of nitrogens with zero attached hydrogens (tertiary/aromatic N) is 1. The quantitative estimate of drug-likeness (QED) is 0.691. The molecule has 0 unspecified atom stereocenters. The minimum absolute atomic E-state index is 0.0944. The maximum Gasteiger partial charge on any atom is 0.191 e. The second-order valence-electron chi connectivity index (χ2n) is 6.40. The van der Waals surface area contributed by atoms with Gasteiger partial charge in [-0.15, -0.1) is 0 Å². The SMILES string of the molecule is CC1(C)CN=C(NCC2(CO)CCCC2)NC1. The number of aliphatic hydroxyl groups is 1. The molecule has 0 radical (unpaired) electrons. The highest BCUT2D eigenvalue weighted by molar-refractivity contribution is 5.80. The third-order valence-electron chi connectivity index (χ3n) is 4.03. The molecule has 3 N–H and O–H groups in total. The van der Waals surface area contributed by atoms with Gasteiger partial charge in [-0.3, -0.25) is 4.99 Å². The first-order valence-corrected chi connectivity index (χ1v) is 6.68. The molecular formula is C13H25N3O. The predicted molar refractivity (Wildman–Crippen MR) is 70.1 cm³/mol. The monoisotopic (exact) mass is 239 g/mol. The van der Waals surface area contributed by atoms with Gasteiger partial charge in [0, 0.05) is 30.5 Å². The fraction of sp³-hybridized carbons (Fsp3) is 0.923. The molecule has 0 atom stereocenters.